The van der Waals surface area contributed by atoms with Crippen LogP contribution in [0.2, 0.25) is 0 Å². The Morgan fingerprint density at radius 3 is 2.81 bits per heavy atom. The molecule has 1 heterocycles. The first-order chi connectivity index (χ1) is 7.54. The Labute approximate surface area is 95.0 Å². The van der Waals surface area contributed by atoms with Crippen molar-refractivity contribution in [2.45, 2.75) is 12.8 Å². The topological polar surface area (TPSA) is 72.6 Å². The number of aryl methyl sites for hydroxylation is 1. The largest absolute Gasteiger partial charge is 0.495 e. The lowest BCUT2D eigenvalue weighted by molar-refractivity contribution is 0.414. The zero-order valence-corrected chi connectivity index (χ0v) is 9.83. The monoisotopic (exact) mass is 242 g/mol. The predicted octanol–water partition coefficient (Wildman–Crippen LogP) is 0.651. The van der Waals surface area contributed by atoms with E-state index >= 15 is 0 Å². The van der Waals surface area contributed by atoms with Gasteiger partial charge in [0.2, 0.25) is 0 Å². The van der Waals surface area contributed by atoms with Crippen molar-refractivity contribution < 1.29 is 13.2 Å². The van der Waals surface area contributed by atoms with E-state index in [1.54, 1.807) is 6.07 Å². The van der Waals surface area contributed by atoms with E-state index in [1.165, 1.54) is 11.4 Å². The molecule has 88 valence electrons. The Hall–Kier alpha value is -1.27. The van der Waals surface area contributed by atoms with Gasteiger partial charge in [-0.05, 0) is 24.5 Å². The highest BCUT2D eigenvalue weighted by atomic mass is 32.2. The first kappa shape index (κ1) is 11.2. The van der Waals surface area contributed by atoms with Gasteiger partial charge in [0.05, 0.1) is 12.8 Å². The van der Waals surface area contributed by atoms with E-state index in [0.29, 0.717) is 18.0 Å². The van der Waals surface area contributed by atoms with Crippen molar-refractivity contribution in [3.05, 3.63) is 23.8 Å². The maximum atomic E-state index is 11.5. The Kier molecular flexibility index (Phi) is 2.77. The Balaban J connectivity index is 2.60. The molecule has 0 atom stereocenters. The summed E-state index contributed by atoms with van der Waals surface area (Å²) in [6.45, 7) is 0.409. The van der Waals surface area contributed by atoms with Crippen molar-refractivity contribution >= 4 is 15.9 Å². The lowest BCUT2D eigenvalue weighted by atomic mass is 10.0. The van der Waals surface area contributed by atoms with Gasteiger partial charge >= 0.3 is 0 Å². The second-order valence-electron chi connectivity index (χ2n) is 3.69. The van der Waals surface area contributed by atoms with Crippen LogP contribution >= 0.6 is 0 Å². The first-order valence-electron chi connectivity index (χ1n) is 5.00. The summed E-state index contributed by atoms with van der Waals surface area (Å²) in [6, 6.07) is 5.49. The van der Waals surface area contributed by atoms with E-state index in [0.717, 1.165) is 18.4 Å². The van der Waals surface area contributed by atoms with Crippen LogP contribution in [0.5, 0.6) is 5.75 Å². The maximum Gasteiger partial charge on any atom is 0.299 e. The fraction of sp³-hybridized carbons (Fsp3) is 0.400. The predicted molar refractivity (Wildman–Crippen MR) is 61.8 cm³/mol. The standard InChI is InChI=1S/C10H14N2O3S/c1-15-9-6-2-4-8-5-3-7-12(10(8)9)16(11,13)14/h2,4,6H,3,5,7H2,1H3,(H2,11,13,14). The highest BCUT2D eigenvalue weighted by molar-refractivity contribution is 7.90. The van der Waals surface area contributed by atoms with Crippen LogP contribution in [-0.2, 0) is 16.6 Å². The number of benzene rings is 1. The molecule has 0 aliphatic carbocycles. The number of methoxy groups -OCH3 is 1. The molecule has 0 spiro atoms. The van der Waals surface area contributed by atoms with Gasteiger partial charge in [-0.15, -0.1) is 0 Å². The summed E-state index contributed by atoms with van der Waals surface area (Å²) in [4.78, 5) is 0. The molecular weight excluding hydrogens is 228 g/mol. The number of rotatable bonds is 2. The average Bonchev–Trinajstić information content (AvgIpc) is 2.26. The Morgan fingerprint density at radius 2 is 2.19 bits per heavy atom. The van der Waals surface area contributed by atoms with E-state index in [9.17, 15) is 8.42 Å². The van der Waals surface area contributed by atoms with Crippen LogP contribution in [0.25, 0.3) is 0 Å². The third-order valence-corrected chi connectivity index (χ3v) is 3.65. The fourth-order valence-electron chi connectivity index (χ4n) is 2.00. The Morgan fingerprint density at radius 1 is 1.44 bits per heavy atom. The molecule has 6 heteroatoms. The zero-order chi connectivity index (χ0) is 11.8. The molecule has 0 bridgehead atoms. The first-order valence-corrected chi connectivity index (χ1v) is 6.50. The number of nitrogens with two attached hydrogens (primary N) is 1. The van der Waals surface area contributed by atoms with E-state index in [1.807, 2.05) is 12.1 Å². The lowest BCUT2D eigenvalue weighted by Gasteiger charge is -2.29. The third kappa shape index (κ3) is 1.85. The molecule has 0 saturated carbocycles. The minimum atomic E-state index is -3.72. The number of para-hydroxylation sites is 1. The van der Waals surface area contributed by atoms with Crippen molar-refractivity contribution in [3.63, 3.8) is 0 Å². The number of fused-ring (bicyclic) bond motifs is 1. The Bertz CT molecular complexity index is 485. The highest BCUT2D eigenvalue weighted by Crippen LogP contribution is 2.36. The van der Waals surface area contributed by atoms with Gasteiger partial charge in [-0.2, -0.15) is 8.42 Å². The lowest BCUT2D eigenvalue weighted by Crippen LogP contribution is -2.40. The minimum absolute atomic E-state index is 0.409. The zero-order valence-electron chi connectivity index (χ0n) is 9.01. The molecule has 0 unspecified atom stereocenters. The summed E-state index contributed by atoms with van der Waals surface area (Å²) >= 11 is 0. The number of anilines is 1. The molecule has 0 amide bonds. The van der Waals surface area contributed by atoms with Crippen molar-refractivity contribution in [3.8, 4) is 5.75 Å². The molecule has 2 rings (SSSR count). The molecule has 0 fully saturated rings. The second-order valence-corrected chi connectivity index (χ2v) is 5.16. The molecule has 1 aliphatic heterocycles. The molecule has 1 aliphatic rings. The van der Waals surface area contributed by atoms with Crippen LogP contribution in [0, 0.1) is 0 Å². The van der Waals surface area contributed by atoms with Gasteiger partial charge in [0.1, 0.15) is 5.75 Å². The van der Waals surface area contributed by atoms with Gasteiger partial charge in [-0.25, -0.2) is 5.14 Å². The van der Waals surface area contributed by atoms with Gasteiger partial charge in [-0.1, -0.05) is 12.1 Å². The summed E-state index contributed by atoms with van der Waals surface area (Å²) in [5.74, 6) is 0.547. The number of nitrogens with zero attached hydrogens (tertiary/aromatic N) is 1. The van der Waals surface area contributed by atoms with Crippen molar-refractivity contribution in [1.82, 2.24) is 0 Å². The van der Waals surface area contributed by atoms with Crippen LogP contribution < -0.4 is 14.2 Å². The maximum absolute atomic E-state index is 11.5. The number of hydrogen-bond donors (Lipinski definition) is 1. The second kappa shape index (κ2) is 3.95. The normalized spacial score (nSPS) is 15.8. The van der Waals surface area contributed by atoms with Crippen LogP contribution in [0.3, 0.4) is 0 Å². The van der Waals surface area contributed by atoms with Crippen LogP contribution in [0.4, 0.5) is 5.69 Å². The quantitative estimate of drug-likeness (QED) is 0.827. The fourth-order valence-corrected chi connectivity index (χ4v) is 2.84. The summed E-state index contributed by atoms with van der Waals surface area (Å²) < 4.78 is 29.3. The minimum Gasteiger partial charge on any atom is -0.495 e. The molecule has 0 saturated heterocycles. The smallest absolute Gasteiger partial charge is 0.299 e. The summed E-state index contributed by atoms with van der Waals surface area (Å²) in [5.41, 5.74) is 1.54. The van der Waals surface area contributed by atoms with Gasteiger partial charge in [-0.3, -0.25) is 4.31 Å². The highest BCUT2D eigenvalue weighted by Gasteiger charge is 2.27. The van der Waals surface area contributed by atoms with E-state index in [4.69, 9.17) is 9.88 Å². The molecule has 2 N–H and O–H groups in total. The van der Waals surface area contributed by atoms with E-state index < -0.39 is 10.2 Å². The van der Waals surface area contributed by atoms with Gasteiger partial charge in [0.25, 0.3) is 10.2 Å². The summed E-state index contributed by atoms with van der Waals surface area (Å²) in [7, 11) is -2.20. The van der Waals surface area contributed by atoms with Crippen LogP contribution in [0.1, 0.15) is 12.0 Å². The van der Waals surface area contributed by atoms with Gasteiger partial charge in [0, 0.05) is 6.54 Å². The number of hydrogen-bond acceptors (Lipinski definition) is 3. The van der Waals surface area contributed by atoms with E-state index in [-0.39, 0.29) is 0 Å². The van der Waals surface area contributed by atoms with Gasteiger partial charge < -0.3 is 4.74 Å². The molecule has 1 aromatic rings. The number of ether oxygens (including phenoxy) is 1. The van der Waals surface area contributed by atoms with Crippen molar-refractivity contribution in [2.24, 2.45) is 5.14 Å². The van der Waals surface area contributed by atoms with Gasteiger partial charge in [0.15, 0.2) is 0 Å². The molecule has 0 radical (unpaired) electrons. The molecule has 5 nitrogen and oxygen atoms in total. The molecule has 16 heavy (non-hydrogen) atoms. The van der Waals surface area contributed by atoms with Crippen LogP contribution in [0.15, 0.2) is 18.2 Å². The van der Waals surface area contributed by atoms with Crippen molar-refractivity contribution in [2.75, 3.05) is 18.0 Å². The molecule has 0 aromatic heterocycles. The SMILES string of the molecule is COc1cccc2c1N(S(N)(=O)=O)CCC2. The average molecular weight is 242 g/mol. The molecular formula is C10H14N2O3S. The van der Waals surface area contributed by atoms with Crippen LogP contribution in [-0.4, -0.2) is 22.1 Å². The third-order valence-electron chi connectivity index (χ3n) is 2.67. The summed E-state index contributed by atoms with van der Waals surface area (Å²) in [6.07, 6.45) is 1.62. The van der Waals surface area contributed by atoms with E-state index in [2.05, 4.69) is 0 Å². The molecule has 1 aromatic carbocycles. The summed E-state index contributed by atoms with van der Waals surface area (Å²) in [5, 5.41) is 5.19. The van der Waals surface area contributed by atoms with Crippen molar-refractivity contribution in [1.29, 1.82) is 0 Å².